The molecule has 1 rings (SSSR count). The van der Waals surface area contributed by atoms with E-state index in [9.17, 15) is 0 Å². The number of hydrogen-bond donors (Lipinski definition) is 0. The van der Waals surface area contributed by atoms with Gasteiger partial charge in [0.25, 0.3) is 0 Å². The lowest BCUT2D eigenvalue weighted by atomic mass is 10.0. The van der Waals surface area contributed by atoms with E-state index in [1.165, 1.54) is 21.2 Å². The molecule has 0 fully saturated rings. The molecule has 1 aromatic rings. The van der Waals surface area contributed by atoms with Gasteiger partial charge in [0.05, 0.1) is 0 Å². The molecule has 1 aromatic carbocycles. The van der Waals surface area contributed by atoms with E-state index in [0.29, 0.717) is 0 Å². The summed E-state index contributed by atoms with van der Waals surface area (Å²) in [5.41, 5.74) is 4.93. The summed E-state index contributed by atoms with van der Waals surface area (Å²) in [5, 5.41) is 0. The Balaban J connectivity index is 3.49. The molecule has 0 N–H and O–H groups in total. The number of halogens is 1. The maximum atomic E-state index is 3.57. The Kier molecular flexibility index (Phi) is 3.17. The number of hydrogen-bond acceptors (Lipinski definition) is 0. The average molecular weight is 237 g/mol. The van der Waals surface area contributed by atoms with Gasteiger partial charge >= 0.3 is 0 Å². The van der Waals surface area contributed by atoms with Crippen molar-refractivity contribution in [2.24, 2.45) is 0 Å². The fourth-order valence-electron chi connectivity index (χ4n) is 1.48. The molecule has 0 aromatic heterocycles. The molecule has 0 aliphatic rings. The molecule has 0 spiro atoms. The van der Waals surface area contributed by atoms with Crippen molar-refractivity contribution in [1.82, 2.24) is 0 Å². The molecular formula is C12H13Br. The van der Waals surface area contributed by atoms with E-state index in [-0.39, 0.29) is 0 Å². The molecule has 0 heterocycles. The van der Waals surface area contributed by atoms with Crippen molar-refractivity contribution in [2.75, 3.05) is 0 Å². The molecule has 0 aliphatic heterocycles. The van der Waals surface area contributed by atoms with Gasteiger partial charge in [-0.05, 0) is 44.4 Å². The second-order valence-electron chi connectivity index (χ2n) is 3.20. The third kappa shape index (κ3) is 1.95. The molecule has 0 atom stereocenters. The van der Waals surface area contributed by atoms with Gasteiger partial charge < -0.3 is 0 Å². The van der Waals surface area contributed by atoms with Crippen molar-refractivity contribution in [2.45, 2.75) is 27.7 Å². The molecule has 0 radical (unpaired) electrons. The van der Waals surface area contributed by atoms with E-state index in [2.05, 4.69) is 54.6 Å². The largest absolute Gasteiger partial charge is 0.101 e. The molecule has 0 saturated carbocycles. The predicted octanol–water partition coefficient (Wildman–Crippen LogP) is 3.75. The van der Waals surface area contributed by atoms with Gasteiger partial charge in [0.2, 0.25) is 0 Å². The molecular weight excluding hydrogens is 224 g/mol. The highest BCUT2D eigenvalue weighted by Crippen LogP contribution is 2.26. The maximum absolute atomic E-state index is 3.57. The first-order valence-corrected chi connectivity index (χ1v) is 5.06. The summed E-state index contributed by atoms with van der Waals surface area (Å²) in [6.45, 7) is 8.18. The van der Waals surface area contributed by atoms with Gasteiger partial charge in [0.1, 0.15) is 0 Å². The number of rotatable bonds is 0. The Hall–Kier alpha value is -0.740. The predicted molar refractivity (Wildman–Crippen MR) is 60.9 cm³/mol. The zero-order valence-electron chi connectivity index (χ0n) is 8.46. The second kappa shape index (κ2) is 3.98. The summed E-state index contributed by atoms with van der Waals surface area (Å²) in [6, 6.07) is 2.16. The Labute approximate surface area is 88.5 Å². The monoisotopic (exact) mass is 236 g/mol. The Bertz CT molecular complexity index is 392. The Morgan fingerprint density at radius 3 is 2.31 bits per heavy atom. The van der Waals surface area contributed by atoms with Gasteiger partial charge in [0.15, 0.2) is 0 Å². The first-order chi connectivity index (χ1) is 6.07. The van der Waals surface area contributed by atoms with Crippen LogP contribution in [0.25, 0.3) is 0 Å². The van der Waals surface area contributed by atoms with Crippen LogP contribution in [-0.2, 0) is 0 Å². The second-order valence-corrected chi connectivity index (χ2v) is 3.99. The van der Waals surface area contributed by atoms with E-state index in [1.54, 1.807) is 0 Å². The van der Waals surface area contributed by atoms with Gasteiger partial charge in [-0.1, -0.05) is 27.9 Å². The fourth-order valence-corrected chi connectivity index (χ4v) is 1.79. The fraction of sp³-hybridized carbons (Fsp3) is 0.333. The SMILES string of the molecule is CC#Cc1c(C)cc(C)c(Br)c1C. The highest BCUT2D eigenvalue weighted by Gasteiger charge is 2.06. The van der Waals surface area contributed by atoms with Crippen LogP contribution in [0.15, 0.2) is 10.5 Å². The van der Waals surface area contributed by atoms with E-state index >= 15 is 0 Å². The lowest BCUT2D eigenvalue weighted by molar-refractivity contribution is 1.27. The molecule has 0 amide bonds. The zero-order valence-corrected chi connectivity index (χ0v) is 10.0. The minimum absolute atomic E-state index is 1.15. The summed E-state index contributed by atoms with van der Waals surface area (Å²) in [7, 11) is 0. The van der Waals surface area contributed by atoms with Crippen molar-refractivity contribution >= 4 is 15.9 Å². The normalized spacial score (nSPS) is 9.31. The van der Waals surface area contributed by atoms with Crippen molar-refractivity contribution in [3.8, 4) is 11.8 Å². The quantitative estimate of drug-likeness (QED) is 0.603. The van der Waals surface area contributed by atoms with E-state index in [4.69, 9.17) is 0 Å². The highest BCUT2D eigenvalue weighted by atomic mass is 79.9. The highest BCUT2D eigenvalue weighted by molar-refractivity contribution is 9.10. The minimum Gasteiger partial charge on any atom is -0.101 e. The van der Waals surface area contributed by atoms with Crippen molar-refractivity contribution in [3.05, 3.63) is 32.8 Å². The van der Waals surface area contributed by atoms with E-state index < -0.39 is 0 Å². The van der Waals surface area contributed by atoms with Crippen LogP contribution in [0.3, 0.4) is 0 Å². The van der Waals surface area contributed by atoms with Crippen LogP contribution >= 0.6 is 15.9 Å². The third-order valence-electron chi connectivity index (χ3n) is 2.13. The Morgan fingerprint density at radius 2 is 1.77 bits per heavy atom. The van der Waals surface area contributed by atoms with Gasteiger partial charge in [0, 0.05) is 10.0 Å². The summed E-state index contributed by atoms with van der Waals surface area (Å²) in [4.78, 5) is 0. The molecule has 0 saturated heterocycles. The maximum Gasteiger partial charge on any atom is 0.0315 e. The standard InChI is InChI=1S/C12H13Br/c1-5-6-11-8(2)7-9(3)12(13)10(11)4/h7H,1-4H3. The van der Waals surface area contributed by atoms with Crippen molar-refractivity contribution in [3.63, 3.8) is 0 Å². The van der Waals surface area contributed by atoms with Crippen LogP contribution in [0.5, 0.6) is 0 Å². The molecule has 1 heteroatoms. The lowest BCUT2D eigenvalue weighted by Gasteiger charge is -2.08. The van der Waals surface area contributed by atoms with Crippen LogP contribution < -0.4 is 0 Å². The topological polar surface area (TPSA) is 0 Å². The van der Waals surface area contributed by atoms with Gasteiger partial charge in [-0.2, -0.15) is 0 Å². The summed E-state index contributed by atoms with van der Waals surface area (Å²) in [6.07, 6.45) is 0. The van der Waals surface area contributed by atoms with Crippen LogP contribution in [0.1, 0.15) is 29.2 Å². The van der Waals surface area contributed by atoms with Crippen molar-refractivity contribution in [1.29, 1.82) is 0 Å². The lowest BCUT2D eigenvalue weighted by Crippen LogP contribution is -1.92. The smallest absolute Gasteiger partial charge is 0.0315 e. The number of aryl methyl sites for hydroxylation is 2. The van der Waals surface area contributed by atoms with Crippen LogP contribution in [0.4, 0.5) is 0 Å². The molecule has 0 bridgehead atoms. The molecule has 13 heavy (non-hydrogen) atoms. The molecule has 0 aliphatic carbocycles. The first-order valence-electron chi connectivity index (χ1n) is 4.27. The summed E-state index contributed by atoms with van der Waals surface area (Å²) >= 11 is 3.57. The van der Waals surface area contributed by atoms with E-state index in [1.807, 2.05) is 6.92 Å². The van der Waals surface area contributed by atoms with Gasteiger partial charge in [-0.25, -0.2) is 0 Å². The van der Waals surface area contributed by atoms with Crippen LogP contribution in [0, 0.1) is 32.6 Å². The molecule has 0 nitrogen and oxygen atoms in total. The number of benzene rings is 1. The van der Waals surface area contributed by atoms with Gasteiger partial charge in [-0.15, -0.1) is 5.92 Å². The van der Waals surface area contributed by atoms with Crippen LogP contribution in [0.2, 0.25) is 0 Å². The molecule has 0 unspecified atom stereocenters. The summed E-state index contributed by atoms with van der Waals surface area (Å²) < 4.78 is 1.18. The van der Waals surface area contributed by atoms with Crippen LogP contribution in [-0.4, -0.2) is 0 Å². The van der Waals surface area contributed by atoms with E-state index in [0.717, 1.165) is 5.56 Å². The Morgan fingerprint density at radius 1 is 1.15 bits per heavy atom. The zero-order chi connectivity index (χ0) is 10.0. The van der Waals surface area contributed by atoms with Gasteiger partial charge in [-0.3, -0.25) is 0 Å². The summed E-state index contributed by atoms with van der Waals surface area (Å²) in [5.74, 6) is 6.07. The average Bonchev–Trinajstić information content (AvgIpc) is 2.09. The molecule has 68 valence electrons. The third-order valence-corrected chi connectivity index (χ3v) is 3.35. The first kappa shape index (κ1) is 10.3. The minimum atomic E-state index is 1.15. The van der Waals surface area contributed by atoms with Crippen molar-refractivity contribution < 1.29 is 0 Å².